The third-order valence-electron chi connectivity index (χ3n) is 7.69. The van der Waals surface area contributed by atoms with E-state index in [4.69, 9.17) is 11.6 Å². The van der Waals surface area contributed by atoms with Gasteiger partial charge in [-0.2, -0.15) is 5.26 Å². The molecule has 3 aromatic rings. The van der Waals surface area contributed by atoms with Gasteiger partial charge in [0.2, 0.25) is 5.91 Å². The third kappa shape index (κ3) is 4.87. The zero-order valence-electron chi connectivity index (χ0n) is 21.1. The third-order valence-corrected chi connectivity index (χ3v) is 7.93. The van der Waals surface area contributed by atoms with Crippen molar-refractivity contribution in [1.82, 2.24) is 25.3 Å². The number of hydrogen-bond acceptors (Lipinski definition) is 7. The fourth-order valence-corrected chi connectivity index (χ4v) is 5.26. The summed E-state index contributed by atoms with van der Waals surface area (Å²) in [6.07, 6.45) is 4.50. The first-order chi connectivity index (χ1) is 18.3. The highest BCUT2D eigenvalue weighted by Gasteiger charge is 2.36. The SMILES string of the molecule is CC1C(=O)N(c2ccc(C(CO)n3cc(C(=O)NC4CC(c5cc(Cl)ccc5C#N)C4)nn3)cn2)C[C@H]1C. The maximum atomic E-state index is 12.8. The quantitative estimate of drug-likeness (QED) is 0.476. The van der Waals surface area contributed by atoms with Crippen molar-refractivity contribution in [2.24, 2.45) is 11.8 Å². The lowest BCUT2D eigenvalue weighted by Gasteiger charge is -2.36. The highest BCUT2D eigenvalue weighted by molar-refractivity contribution is 6.30. The Balaban J connectivity index is 1.21. The van der Waals surface area contributed by atoms with Crippen LogP contribution in [0.4, 0.5) is 5.82 Å². The van der Waals surface area contributed by atoms with Crippen LogP contribution in [0.2, 0.25) is 5.02 Å². The van der Waals surface area contributed by atoms with Crippen LogP contribution >= 0.6 is 11.6 Å². The number of pyridine rings is 1. The van der Waals surface area contributed by atoms with Gasteiger partial charge in [0.1, 0.15) is 11.9 Å². The van der Waals surface area contributed by atoms with Crippen LogP contribution in [-0.2, 0) is 4.79 Å². The first-order valence-corrected chi connectivity index (χ1v) is 13.0. The molecule has 11 heteroatoms. The van der Waals surface area contributed by atoms with Gasteiger partial charge >= 0.3 is 0 Å². The van der Waals surface area contributed by atoms with Gasteiger partial charge in [-0.15, -0.1) is 5.10 Å². The Morgan fingerprint density at radius 2 is 2.08 bits per heavy atom. The molecule has 5 rings (SSSR count). The molecule has 38 heavy (non-hydrogen) atoms. The van der Waals surface area contributed by atoms with E-state index in [1.54, 1.807) is 35.4 Å². The van der Waals surface area contributed by atoms with E-state index in [1.807, 2.05) is 19.9 Å². The van der Waals surface area contributed by atoms with Crippen molar-refractivity contribution in [3.05, 3.63) is 70.1 Å². The van der Waals surface area contributed by atoms with Crippen LogP contribution in [0.1, 0.15) is 65.8 Å². The van der Waals surface area contributed by atoms with E-state index in [0.29, 0.717) is 41.4 Å². The summed E-state index contributed by atoms with van der Waals surface area (Å²) in [6.45, 7) is 4.32. The Kier molecular flexibility index (Phi) is 7.15. The van der Waals surface area contributed by atoms with Gasteiger partial charge in [0.05, 0.1) is 24.4 Å². The molecule has 2 fully saturated rings. The number of carbonyl (C=O) groups excluding carboxylic acids is 2. The monoisotopic (exact) mass is 533 g/mol. The zero-order valence-corrected chi connectivity index (χ0v) is 21.8. The molecule has 1 aliphatic carbocycles. The number of aliphatic hydroxyl groups is 1. The van der Waals surface area contributed by atoms with Crippen LogP contribution in [0, 0.1) is 23.2 Å². The number of aromatic nitrogens is 4. The Morgan fingerprint density at radius 1 is 1.29 bits per heavy atom. The lowest BCUT2D eigenvalue weighted by atomic mass is 9.74. The van der Waals surface area contributed by atoms with Crippen LogP contribution in [0.15, 0.2) is 42.7 Å². The molecule has 0 spiro atoms. The van der Waals surface area contributed by atoms with Crippen molar-refractivity contribution in [3.63, 3.8) is 0 Å². The minimum Gasteiger partial charge on any atom is -0.394 e. The molecule has 2 N–H and O–H groups in total. The molecule has 1 saturated heterocycles. The number of aliphatic hydroxyl groups excluding tert-OH is 1. The molecule has 196 valence electrons. The molecule has 10 nitrogen and oxygen atoms in total. The molecule has 1 aliphatic heterocycles. The standard InChI is InChI=1S/C27H28ClN7O3/c1-15-12-34(27(38)16(15)2)25-6-4-18(11-30-25)24(14-36)35-13-23(32-33-35)26(37)31-21-7-19(8-21)22-9-20(28)5-3-17(22)10-29/h3-6,9,11,13,15-16,19,21,24,36H,7-8,12,14H2,1-2H3,(H,31,37)/t15-,16?,19?,21?,24?/m1/s1. The van der Waals surface area contributed by atoms with Gasteiger partial charge in [0.15, 0.2) is 5.69 Å². The molecule has 3 heterocycles. The Hall–Kier alpha value is -3.81. The number of anilines is 1. The number of amides is 2. The molecule has 2 aromatic heterocycles. The highest BCUT2D eigenvalue weighted by Crippen LogP contribution is 2.39. The molecule has 2 amide bonds. The van der Waals surface area contributed by atoms with Crippen molar-refractivity contribution >= 4 is 29.2 Å². The molecular formula is C27H28ClN7O3. The second kappa shape index (κ2) is 10.5. The predicted molar refractivity (Wildman–Crippen MR) is 140 cm³/mol. The van der Waals surface area contributed by atoms with Crippen LogP contribution < -0.4 is 10.2 Å². The topological polar surface area (TPSA) is 137 Å². The van der Waals surface area contributed by atoms with Crippen molar-refractivity contribution in [1.29, 1.82) is 5.26 Å². The highest BCUT2D eigenvalue weighted by atomic mass is 35.5. The minimum atomic E-state index is -0.585. The summed E-state index contributed by atoms with van der Waals surface area (Å²) in [5.74, 6) is 0.640. The second-order valence-electron chi connectivity index (χ2n) is 10.1. The van der Waals surface area contributed by atoms with Gasteiger partial charge in [-0.25, -0.2) is 9.67 Å². The molecular weight excluding hydrogens is 506 g/mol. The zero-order chi connectivity index (χ0) is 27.0. The largest absolute Gasteiger partial charge is 0.394 e. The van der Waals surface area contributed by atoms with E-state index in [0.717, 1.165) is 5.56 Å². The summed E-state index contributed by atoms with van der Waals surface area (Å²) in [5.41, 5.74) is 2.32. The molecule has 0 bridgehead atoms. The van der Waals surface area contributed by atoms with Crippen LogP contribution in [-0.4, -0.2) is 56.1 Å². The van der Waals surface area contributed by atoms with E-state index >= 15 is 0 Å². The smallest absolute Gasteiger partial charge is 0.273 e. The normalized spacial score (nSPS) is 23.6. The van der Waals surface area contributed by atoms with Gasteiger partial charge in [-0.05, 0) is 60.1 Å². The first kappa shape index (κ1) is 25.8. The number of nitrogens with zero attached hydrogens (tertiary/aromatic N) is 6. The number of nitrogens with one attached hydrogen (secondary N) is 1. The molecule has 1 saturated carbocycles. The van der Waals surface area contributed by atoms with Crippen molar-refractivity contribution < 1.29 is 14.7 Å². The Bertz CT molecular complexity index is 1390. The molecule has 1 aromatic carbocycles. The van der Waals surface area contributed by atoms with Gasteiger partial charge in [-0.3, -0.25) is 14.5 Å². The summed E-state index contributed by atoms with van der Waals surface area (Å²) in [5, 5.41) is 31.0. The first-order valence-electron chi connectivity index (χ1n) is 12.6. The maximum Gasteiger partial charge on any atom is 0.273 e. The van der Waals surface area contributed by atoms with Gasteiger partial charge in [0, 0.05) is 29.7 Å². The van der Waals surface area contributed by atoms with Crippen molar-refractivity contribution in [3.8, 4) is 6.07 Å². The van der Waals surface area contributed by atoms with Gasteiger partial charge in [0.25, 0.3) is 5.91 Å². The summed E-state index contributed by atoms with van der Waals surface area (Å²) < 4.78 is 1.44. The van der Waals surface area contributed by atoms with Gasteiger partial charge in [-0.1, -0.05) is 36.7 Å². The van der Waals surface area contributed by atoms with E-state index in [-0.39, 0.29) is 47.9 Å². The molecule has 3 atom stereocenters. The summed E-state index contributed by atoms with van der Waals surface area (Å²) in [7, 11) is 0. The van der Waals surface area contributed by atoms with E-state index < -0.39 is 6.04 Å². The summed E-state index contributed by atoms with van der Waals surface area (Å²) in [4.78, 5) is 31.4. The molecule has 2 unspecified atom stereocenters. The van der Waals surface area contributed by atoms with Gasteiger partial charge < -0.3 is 10.4 Å². The predicted octanol–water partition coefficient (Wildman–Crippen LogP) is 3.07. The van der Waals surface area contributed by atoms with Crippen molar-refractivity contribution in [2.45, 2.75) is 44.7 Å². The number of halogens is 1. The van der Waals surface area contributed by atoms with E-state index in [2.05, 4.69) is 26.7 Å². The van der Waals surface area contributed by atoms with Crippen LogP contribution in [0.5, 0.6) is 0 Å². The summed E-state index contributed by atoms with van der Waals surface area (Å²) in [6, 6.07) is 10.4. The number of nitriles is 1. The molecule has 0 radical (unpaired) electrons. The average molecular weight is 534 g/mol. The number of benzene rings is 1. The lowest BCUT2D eigenvalue weighted by molar-refractivity contribution is -0.120. The number of rotatable bonds is 7. The average Bonchev–Trinajstić information content (AvgIpc) is 3.48. The Morgan fingerprint density at radius 3 is 2.71 bits per heavy atom. The fourth-order valence-electron chi connectivity index (χ4n) is 5.08. The number of hydrogen-bond donors (Lipinski definition) is 2. The second-order valence-corrected chi connectivity index (χ2v) is 10.6. The maximum absolute atomic E-state index is 12.8. The Labute approximate surface area is 225 Å². The summed E-state index contributed by atoms with van der Waals surface area (Å²) >= 11 is 6.10. The lowest BCUT2D eigenvalue weighted by Crippen LogP contribution is -2.43. The van der Waals surface area contributed by atoms with Crippen molar-refractivity contribution in [2.75, 3.05) is 18.1 Å². The fraction of sp³-hybridized carbons (Fsp3) is 0.407. The molecule has 2 aliphatic rings. The minimum absolute atomic E-state index is 0.0425. The van der Waals surface area contributed by atoms with Crippen LogP contribution in [0.3, 0.4) is 0 Å². The van der Waals surface area contributed by atoms with E-state index in [9.17, 15) is 20.0 Å². The van der Waals surface area contributed by atoms with E-state index in [1.165, 1.54) is 10.9 Å². The number of carbonyl (C=O) groups is 2. The van der Waals surface area contributed by atoms with Crippen LogP contribution in [0.25, 0.3) is 0 Å².